The molecule has 5 rings (SSSR count). The lowest BCUT2D eigenvalue weighted by atomic mass is 10.2. The van der Waals surface area contributed by atoms with E-state index in [1.54, 1.807) is 34.9 Å². The number of ketones is 1. The van der Waals surface area contributed by atoms with Crippen LogP contribution in [0.1, 0.15) is 16.8 Å². The summed E-state index contributed by atoms with van der Waals surface area (Å²) >= 11 is 1.23. The Morgan fingerprint density at radius 3 is 2.19 bits per heavy atom. The average Bonchev–Trinajstić information content (AvgIpc) is 2.96. The monoisotopic (exact) mass is 512 g/mol. The van der Waals surface area contributed by atoms with Crippen LogP contribution in [0.4, 0.5) is 5.69 Å². The lowest BCUT2D eigenvalue weighted by Crippen LogP contribution is -2.49. The van der Waals surface area contributed by atoms with Crippen LogP contribution in [0.2, 0.25) is 0 Å². The van der Waals surface area contributed by atoms with Gasteiger partial charge in [0, 0.05) is 50.4 Å². The highest BCUT2D eigenvalue weighted by atomic mass is 32.2. The molecule has 188 valence electrons. The van der Waals surface area contributed by atoms with Gasteiger partial charge >= 0.3 is 0 Å². The number of aromatic nitrogens is 2. The molecule has 1 fully saturated rings. The first kappa shape index (κ1) is 24.8. The molecule has 2 heterocycles. The fourth-order valence-electron chi connectivity index (χ4n) is 4.51. The Labute approximate surface area is 219 Å². The van der Waals surface area contributed by atoms with Crippen molar-refractivity contribution >= 4 is 40.0 Å². The summed E-state index contributed by atoms with van der Waals surface area (Å²) in [4.78, 5) is 47.9. The van der Waals surface area contributed by atoms with Gasteiger partial charge in [0.05, 0.1) is 16.7 Å². The number of carbonyl (C=O) groups excluding carboxylic acids is 2. The van der Waals surface area contributed by atoms with Crippen molar-refractivity contribution in [3.63, 3.8) is 0 Å². The molecule has 1 aliphatic rings. The molecular formula is C29H28N4O3S. The minimum atomic E-state index is -0.193. The maximum absolute atomic E-state index is 13.3. The van der Waals surface area contributed by atoms with Crippen LogP contribution in [0.3, 0.4) is 0 Å². The van der Waals surface area contributed by atoms with Crippen molar-refractivity contribution in [3.8, 4) is 0 Å². The first-order valence-corrected chi connectivity index (χ1v) is 13.4. The Balaban J connectivity index is 1.28. The summed E-state index contributed by atoms with van der Waals surface area (Å²) in [5.41, 5.74) is 2.17. The quantitative estimate of drug-likeness (QED) is 0.201. The predicted octanol–water partition coefficient (Wildman–Crippen LogP) is 4.11. The van der Waals surface area contributed by atoms with Gasteiger partial charge in [-0.2, -0.15) is 0 Å². The summed E-state index contributed by atoms with van der Waals surface area (Å²) in [6.45, 7) is 3.06. The number of anilines is 1. The van der Waals surface area contributed by atoms with Gasteiger partial charge in [0.25, 0.3) is 5.56 Å². The number of benzene rings is 3. The molecule has 0 bridgehead atoms. The molecule has 0 aliphatic carbocycles. The molecule has 37 heavy (non-hydrogen) atoms. The van der Waals surface area contributed by atoms with Crippen molar-refractivity contribution in [2.45, 2.75) is 18.1 Å². The molecule has 0 atom stereocenters. The fraction of sp³-hybridized carbons (Fsp3) is 0.241. The molecule has 3 aromatic carbocycles. The Bertz CT molecular complexity index is 1450. The van der Waals surface area contributed by atoms with Crippen molar-refractivity contribution < 1.29 is 9.59 Å². The van der Waals surface area contributed by atoms with Crippen molar-refractivity contribution in [1.29, 1.82) is 0 Å². The van der Waals surface area contributed by atoms with Crippen molar-refractivity contribution in [1.82, 2.24) is 14.5 Å². The van der Waals surface area contributed by atoms with E-state index in [4.69, 9.17) is 0 Å². The maximum atomic E-state index is 13.3. The van der Waals surface area contributed by atoms with Gasteiger partial charge in [-0.15, -0.1) is 0 Å². The molecule has 0 unspecified atom stereocenters. The number of hydrogen-bond acceptors (Lipinski definition) is 6. The standard InChI is InChI=1S/C29H28N4O3S/c34-26(22-9-3-1-4-10-22)21-37-29-30-25-14-8-7-13-24(25)28(36)33(29)16-15-27(35)32-19-17-31(18-20-32)23-11-5-2-6-12-23/h1-14H,15-21H2. The molecule has 1 amide bonds. The Kier molecular flexibility index (Phi) is 7.65. The zero-order chi connectivity index (χ0) is 25.6. The summed E-state index contributed by atoms with van der Waals surface area (Å²) in [6, 6.07) is 26.5. The van der Waals surface area contributed by atoms with Crippen LogP contribution in [-0.2, 0) is 11.3 Å². The molecule has 7 nitrogen and oxygen atoms in total. The normalized spacial score (nSPS) is 13.6. The van der Waals surface area contributed by atoms with Gasteiger partial charge in [0.2, 0.25) is 5.91 Å². The summed E-state index contributed by atoms with van der Waals surface area (Å²) in [5.74, 6) is 0.139. The van der Waals surface area contributed by atoms with Gasteiger partial charge in [-0.05, 0) is 24.3 Å². The van der Waals surface area contributed by atoms with Gasteiger partial charge in [-0.1, -0.05) is 72.4 Å². The van der Waals surface area contributed by atoms with Gasteiger partial charge in [0.15, 0.2) is 10.9 Å². The second kappa shape index (κ2) is 11.4. The zero-order valence-corrected chi connectivity index (χ0v) is 21.3. The number of thioether (sulfide) groups is 1. The van der Waals surface area contributed by atoms with Crippen molar-refractivity contribution in [2.75, 3.05) is 36.8 Å². The van der Waals surface area contributed by atoms with E-state index in [-0.39, 0.29) is 36.0 Å². The Morgan fingerprint density at radius 1 is 0.811 bits per heavy atom. The van der Waals surface area contributed by atoms with Crippen LogP contribution >= 0.6 is 11.8 Å². The number of piperazine rings is 1. The smallest absolute Gasteiger partial charge is 0.262 e. The molecule has 4 aromatic rings. The number of nitrogens with zero attached hydrogens (tertiary/aromatic N) is 4. The van der Waals surface area contributed by atoms with Crippen LogP contribution in [-0.4, -0.2) is 58.1 Å². The second-order valence-electron chi connectivity index (χ2n) is 8.90. The zero-order valence-electron chi connectivity index (χ0n) is 20.5. The number of carbonyl (C=O) groups is 2. The third-order valence-electron chi connectivity index (χ3n) is 6.56. The molecule has 1 aromatic heterocycles. The van der Waals surface area contributed by atoms with E-state index in [1.165, 1.54) is 11.8 Å². The van der Waals surface area contributed by atoms with Gasteiger partial charge in [-0.3, -0.25) is 19.0 Å². The molecule has 1 saturated heterocycles. The Morgan fingerprint density at radius 2 is 1.46 bits per heavy atom. The molecule has 1 aliphatic heterocycles. The first-order chi connectivity index (χ1) is 18.1. The van der Waals surface area contributed by atoms with E-state index < -0.39 is 0 Å². The molecule has 0 spiro atoms. The number of para-hydroxylation sites is 2. The fourth-order valence-corrected chi connectivity index (χ4v) is 5.43. The summed E-state index contributed by atoms with van der Waals surface area (Å²) in [6.07, 6.45) is 0.200. The summed E-state index contributed by atoms with van der Waals surface area (Å²) in [5, 5.41) is 0.958. The SMILES string of the molecule is O=C(CSc1nc2ccccc2c(=O)n1CCC(=O)N1CCN(c2ccccc2)CC1)c1ccccc1. The van der Waals surface area contributed by atoms with E-state index in [2.05, 4.69) is 22.0 Å². The van der Waals surface area contributed by atoms with Crippen molar-refractivity contribution in [3.05, 3.63) is 101 Å². The van der Waals surface area contributed by atoms with Crippen LogP contribution in [0.5, 0.6) is 0 Å². The minimum absolute atomic E-state index is 0.0177. The van der Waals surface area contributed by atoms with E-state index in [1.807, 2.05) is 47.4 Å². The number of fused-ring (bicyclic) bond motifs is 1. The topological polar surface area (TPSA) is 75.5 Å². The third kappa shape index (κ3) is 5.75. The van der Waals surface area contributed by atoms with Crippen LogP contribution in [0, 0.1) is 0 Å². The van der Waals surface area contributed by atoms with E-state index in [9.17, 15) is 14.4 Å². The molecule has 0 N–H and O–H groups in total. The van der Waals surface area contributed by atoms with E-state index in [0.717, 1.165) is 18.8 Å². The van der Waals surface area contributed by atoms with Crippen LogP contribution < -0.4 is 10.5 Å². The number of rotatable bonds is 8. The lowest BCUT2D eigenvalue weighted by Gasteiger charge is -2.36. The van der Waals surface area contributed by atoms with E-state index in [0.29, 0.717) is 34.7 Å². The highest BCUT2D eigenvalue weighted by Gasteiger charge is 2.22. The largest absolute Gasteiger partial charge is 0.368 e. The number of hydrogen-bond donors (Lipinski definition) is 0. The highest BCUT2D eigenvalue weighted by Crippen LogP contribution is 2.20. The predicted molar refractivity (Wildman–Crippen MR) is 147 cm³/mol. The molecule has 0 radical (unpaired) electrons. The third-order valence-corrected chi connectivity index (χ3v) is 7.53. The average molecular weight is 513 g/mol. The van der Waals surface area contributed by atoms with Gasteiger partial charge in [-0.25, -0.2) is 4.98 Å². The summed E-state index contributed by atoms with van der Waals surface area (Å²) in [7, 11) is 0. The van der Waals surface area contributed by atoms with Gasteiger partial charge in [0.1, 0.15) is 0 Å². The molecular weight excluding hydrogens is 484 g/mol. The second-order valence-corrected chi connectivity index (χ2v) is 9.84. The number of Topliss-reactive ketones (excluding diaryl/α,β-unsaturated/α-hetero) is 1. The first-order valence-electron chi connectivity index (χ1n) is 12.4. The van der Waals surface area contributed by atoms with Crippen LogP contribution in [0.25, 0.3) is 10.9 Å². The maximum Gasteiger partial charge on any atom is 0.262 e. The van der Waals surface area contributed by atoms with E-state index >= 15 is 0 Å². The highest BCUT2D eigenvalue weighted by molar-refractivity contribution is 7.99. The molecule has 0 saturated carbocycles. The van der Waals surface area contributed by atoms with Crippen LogP contribution in [0.15, 0.2) is 94.9 Å². The molecule has 8 heteroatoms. The lowest BCUT2D eigenvalue weighted by molar-refractivity contribution is -0.131. The van der Waals surface area contributed by atoms with Crippen molar-refractivity contribution in [2.24, 2.45) is 0 Å². The number of amides is 1. The minimum Gasteiger partial charge on any atom is -0.368 e. The Hall–Kier alpha value is -3.91. The van der Waals surface area contributed by atoms with Gasteiger partial charge < -0.3 is 9.80 Å². The summed E-state index contributed by atoms with van der Waals surface area (Å²) < 4.78 is 1.55.